The Kier molecular flexibility index (Phi) is 3.87. The molecule has 1 heterocycles. The summed E-state index contributed by atoms with van der Waals surface area (Å²) in [6.45, 7) is 7.40. The minimum atomic E-state index is -0.704. The Balaban J connectivity index is 2.31. The summed E-state index contributed by atoms with van der Waals surface area (Å²) in [5, 5.41) is 7.17. The highest BCUT2D eigenvalue weighted by molar-refractivity contribution is 5.97. The molecule has 1 aromatic heterocycles. The summed E-state index contributed by atoms with van der Waals surface area (Å²) in [5.41, 5.74) is 6.32. The Hall–Kier alpha value is -2.14. The lowest BCUT2D eigenvalue weighted by Crippen LogP contribution is -2.53. The van der Waals surface area contributed by atoms with Crippen molar-refractivity contribution in [3.63, 3.8) is 0 Å². The number of benzene rings is 1. The average molecular weight is 286 g/mol. The summed E-state index contributed by atoms with van der Waals surface area (Å²) < 4.78 is 1.72. The van der Waals surface area contributed by atoms with Crippen LogP contribution in [0.5, 0.6) is 0 Å². The van der Waals surface area contributed by atoms with Gasteiger partial charge < -0.3 is 11.1 Å². The van der Waals surface area contributed by atoms with Crippen molar-refractivity contribution < 1.29 is 4.79 Å². The monoisotopic (exact) mass is 286 g/mol. The molecule has 0 saturated heterocycles. The van der Waals surface area contributed by atoms with E-state index in [4.69, 9.17) is 5.73 Å². The van der Waals surface area contributed by atoms with Crippen molar-refractivity contribution in [3.8, 4) is 5.69 Å². The molecule has 5 heteroatoms. The molecule has 5 nitrogen and oxygen atoms in total. The van der Waals surface area contributed by atoms with Crippen molar-refractivity contribution in [2.45, 2.75) is 33.2 Å². The van der Waals surface area contributed by atoms with Gasteiger partial charge in [0.2, 0.25) is 5.91 Å². The number of nitrogens with one attached hydrogen (secondary N) is 1. The molecule has 0 radical (unpaired) electrons. The standard InChI is InChI=1S/C16H22N4O/c1-15(2,16(3,4)17)14(21)19-12-8-5-6-9-13(12)20-11-7-10-18-20/h5-11H,17H2,1-4H3,(H,19,21). The summed E-state index contributed by atoms with van der Waals surface area (Å²) in [4.78, 5) is 12.6. The van der Waals surface area contributed by atoms with E-state index in [1.54, 1.807) is 10.9 Å². The number of aromatic nitrogens is 2. The Bertz CT molecular complexity index is 624. The van der Waals surface area contributed by atoms with Gasteiger partial charge in [-0.1, -0.05) is 12.1 Å². The SMILES string of the molecule is CC(C)(N)C(C)(C)C(=O)Nc1ccccc1-n1cccn1. The van der Waals surface area contributed by atoms with Gasteiger partial charge >= 0.3 is 0 Å². The Morgan fingerprint density at radius 2 is 1.86 bits per heavy atom. The molecule has 2 aromatic rings. The van der Waals surface area contributed by atoms with E-state index < -0.39 is 11.0 Å². The molecule has 0 unspecified atom stereocenters. The number of carbonyl (C=O) groups excluding carboxylic acids is 1. The molecule has 112 valence electrons. The van der Waals surface area contributed by atoms with Crippen LogP contribution in [0.25, 0.3) is 5.69 Å². The topological polar surface area (TPSA) is 72.9 Å². The van der Waals surface area contributed by atoms with Gasteiger partial charge in [0.1, 0.15) is 0 Å². The molecule has 3 N–H and O–H groups in total. The van der Waals surface area contributed by atoms with E-state index in [1.807, 2.05) is 64.2 Å². The summed E-state index contributed by atoms with van der Waals surface area (Å²) in [5.74, 6) is -0.116. The van der Waals surface area contributed by atoms with E-state index in [1.165, 1.54) is 0 Å². The number of rotatable bonds is 4. The third kappa shape index (κ3) is 2.97. The van der Waals surface area contributed by atoms with Crippen LogP contribution in [0.3, 0.4) is 0 Å². The molecule has 0 aliphatic heterocycles. The number of nitrogens with two attached hydrogens (primary N) is 1. The molecule has 1 amide bonds. The number of hydrogen-bond donors (Lipinski definition) is 2. The third-order valence-electron chi connectivity index (χ3n) is 4.08. The maximum absolute atomic E-state index is 12.6. The van der Waals surface area contributed by atoms with Gasteiger partial charge in [-0.05, 0) is 45.9 Å². The number of carbonyl (C=O) groups is 1. The molecule has 2 rings (SSSR count). The molecular formula is C16H22N4O. The molecule has 0 spiro atoms. The van der Waals surface area contributed by atoms with Crippen molar-refractivity contribution in [2.75, 3.05) is 5.32 Å². The van der Waals surface area contributed by atoms with E-state index in [-0.39, 0.29) is 5.91 Å². The summed E-state index contributed by atoms with van der Waals surface area (Å²) in [6.07, 6.45) is 3.54. The van der Waals surface area contributed by atoms with Gasteiger partial charge in [0.15, 0.2) is 0 Å². The molecule has 1 aromatic carbocycles. The van der Waals surface area contributed by atoms with Crippen LogP contribution in [0.4, 0.5) is 5.69 Å². The molecule has 0 fully saturated rings. The first-order chi connectivity index (χ1) is 9.73. The fourth-order valence-electron chi connectivity index (χ4n) is 1.76. The van der Waals surface area contributed by atoms with Gasteiger partial charge in [0, 0.05) is 17.9 Å². The zero-order valence-electron chi connectivity index (χ0n) is 12.9. The zero-order valence-corrected chi connectivity index (χ0v) is 12.9. The quantitative estimate of drug-likeness (QED) is 0.907. The third-order valence-corrected chi connectivity index (χ3v) is 4.08. The highest BCUT2D eigenvalue weighted by Crippen LogP contribution is 2.30. The fourth-order valence-corrected chi connectivity index (χ4v) is 1.76. The van der Waals surface area contributed by atoms with Crippen LogP contribution >= 0.6 is 0 Å². The van der Waals surface area contributed by atoms with Gasteiger partial charge in [-0.2, -0.15) is 5.10 Å². The fraction of sp³-hybridized carbons (Fsp3) is 0.375. The first-order valence-corrected chi connectivity index (χ1v) is 6.93. The Morgan fingerprint density at radius 1 is 1.19 bits per heavy atom. The lowest BCUT2D eigenvalue weighted by molar-refractivity contribution is -0.126. The summed E-state index contributed by atoms with van der Waals surface area (Å²) in [6, 6.07) is 9.39. The minimum absolute atomic E-state index is 0.116. The van der Waals surface area contributed by atoms with Gasteiger partial charge in [0.25, 0.3) is 0 Å². The molecule has 0 bridgehead atoms. The van der Waals surface area contributed by atoms with Crippen LogP contribution in [-0.4, -0.2) is 21.2 Å². The molecule has 0 saturated carbocycles. The van der Waals surface area contributed by atoms with Crippen LogP contribution < -0.4 is 11.1 Å². The van der Waals surface area contributed by atoms with Gasteiger partial charge in [-0.25, -0.2) is 4.68 Å². The minimum Gasteiger partial charge on any atom is -0.325 e. The van der Waals surface area contributed by atoms with Crippen molar-refractivity contribution in [1.82, 2.24) is 9.78 Å². The largest absolute Gasteiger partial charge is 0.325 e. The Labute approximate surface area is 125 Å². The predicted molar refractivity (Wildman–Crippen MR) is 84.2 cm³/mol. The molecule has 0 aliphatic rings. The van der Waals surface area contributed by atoms with Crippen LogP contribution in [0.2, 0.25) is 0 Å². The normalized spacial score (nSPS) is 12.2. The van der Waals surface area contributed by atoms with E-state index in [9.17, 15) is 4.79 Å². The average Bonchev–Trinajstić information content (AvgIpc) is 2.91. The van der Waals surface area contributed by atoms with Crippen LogP contribution in [0.15, 0.2) is 42.7 Å². The number of nitrogens with zero attached hydrogens (tertiary/aromatic N) is 2. The van der Waals surface area contributed by atoms with Crippen molar-refractivity contribution in [1.29, 1.82) is 0 Å². The highest BCUT2D eigenvalue weighted by atomic mass is 16.2. The van der Waals surface area contributed by atoms with Crippen molar-refractivity contribution in [3.05, 3.63) is 42.7 Å². The second-order valence-corrected chi connectivity index (χ2v) is 6.27. The van der Waals surface area contributed by atoms with Gasteiger partial charge in [-0.3, -0.25) is 4.79 Å². The van der Waals surface area contributed by atoms with Crippen molar-refractivity contribution in [2.24, 2.45) is 11.1 Å². The molecule has 0 atom stereocenters. The smallest absolute Gasteiger partial charge is 0.231 e. The second kappa shape index (κ2) is 5.33. The number of amides is 1. The summed E-state index contributed by atoms with van der Waals surface area (Å²) in [7, 11) is 0. The van der Waals surface area contributed by atoms with Crippen LogP contribution in [0, 0.1) is 5.41 Å². The summed E-state index contributed by atoms with van der Waals surface area (Å²) >= 11 is 0. The van der Waals surface area contributed by atoms with Crippen LogP contribution in [-0.2, 0) is 4.79 Å². The lowest BCUT2D eigenvalue weighted by Gasteiger charge is -2.37. The highest BCUT2D eigenvalue weighted by Gasteiger charge is 2.40. The van der Waals surface area contributed by atoms with E-state index in [2.05, 4.69) is 10.4 Å². The zero-order chi connectivity index (χ0) is 15.7. The Morgan fingerprint density at radius 3 is 2.43 bits per heavy atom. The maximum Gasteiger partial charge on any atom is 0.231 e. The van der Waals surface area contributed by atoms with Gasteiger partial charge in [0.05, 0.1) is 16.8 Å². The second-order valence-electron chi connectivity index (χ2n) is 6.27. The van der Waals surface area contributed by atoms with E-state index >= 15 is 0 Å². The molecule has 0 aliphatic carbocycles. The maximum atomic E-state index is 12.6. The number of para-hydroxylation sites is 2. The van der Waals surface area contributed by atoms with E-state index in [0.717, 1.165) is 5.69 Å². The number of hydrogen-bond acceptors (Lipinski definition) is 3. The van der Waals surface area contributed by atoms with Crippen molar-refractivity contribution >= 4 is 11.6 Å². The first-order valence-electron chi connectivity index (χ1n) is 6.93. The number of anilines is 1. The first kappa shape index (κ1) is 15.3. The molecular weight excluding hydrogens is 264 g/mol. The lowest BCUT2D eigenvalue weighted by atomic mass is 9.74. The predicted octanol–water partition coefficient (Wildman–Crippen LogP) is 2.57. The van der Waals surface area contributed by atoms with Crippen LogP contribution in [0.1, 0.15) is 27.7 Å². The van der Waals surface area contributed by atoms with Gasteiger partial charge in [-0.15, -0.1) is 0 Å². The molecule has 21 heavy (non-hydrogen) atoms. The van der Waals surface area contributed by atoms with E-state index in [0.29, 0.717) is 5.69 Å².